The van der Waals surface area contributed by atoms with Crippen LogP contribution >= 0.6 is 0 Å². The average molecular weight is 445 g/mol. The van der Waals surface area contributed by atoms with Crippen molar-refractivity contribution in [1.29, 1.82) is 0 Å². The first-order valence-corrected chi connectivity index (χ1v) is 11.9. The summed E-state index contributed by atoms with van der Waals surface area (Å²) >= 11 is 0. The first-order chi connectivity index (χ1) is 15.2. The first-order valence-electron chi connectivity index (χ1n) is 11.9. The fraction of sp³-hybridized carbons (Fsp3) is 0.680. The third-order valence-corrected chi connectivity index (χ3v) is 6.52. The molecule has 0 saturated carbocycles. The van der Waals surface area contributed by atoms with Crippen molar-refractivity contribution in [3.63, 3.8) is 0 Å². The number of morpholine rings is 1. The summed E-state index contributed by atoms with van der Waals surface area (Å²) in [5.74, 6) is 0.445. The third-order valence-electron chi connectivity index (χ3n) is 6.52. The molecule has 0 radical (unpaired) electrons. The summed E-state index contributed by atoms with van der Waals surface area (Å²) in [5.41, 5.74) is 3.04. The van der Waals surface area contributed by atoms with Crippen molar-refractivity contribution >= 4 is 17.5 Å². The van der Waals surface area contributed by atoms with Crippen LogP contribution in [-0.2, 0) is 14.3 Å². The molecule has 0 bridgehead atoms. The zero-order valence-electron chi connectivity index (χ0n) is 20.6. The summed E-state index contributed by atoms with van der Waals surface area (Å²) in [7, 11) is 0. The highest BCUT2D eigenvalue weighted by Gasteiger charge is 2.37. The zero-order valence-corrected chi connectivity index (χ0v) is 20.6. The SMILES string of the molecule is Cc1cccc(C)c1NC(=O)CN1CCN(C(=O)C(C(C)C)N2CC(C)OC(C)C2)CC1. The van der Waals surface area contributed by atoms with E-state index in [-0.39, 0.29) is 36.0 Å². The van der Waals surface area contributed by atoms with Crippen LogP contribution in [0.15, 0.2) is 18.2 Å². The van der Waals surface area contributed by atoms with Gasteiger partial charge in [0.05, 0.1) is 24.8 Å². The van der Waals surface area contributed by atoms with Crippen LogP contribution in [-0.4, -0.2) is 90.6 Å². The van der Waals surface area contributed by atoms with Gasteiger partial charge in [-0.15, -0.1) is 0 Å². The van der Waals surface area contributed by atoms with Gasteiger partial charge >= 0.3 is 0 Å². The average Bonchev–Trinajstić information content (AvgIpc) is 2.70. The van der Waals surface area contributed by atoms with Gasteiger partial charge in [0.25, 0.3) is 0 Å². The van der Waals surface area contributed by atoms with E-state index in [2.05, 4.69) is 42.8 Å². The molecule has 7 nitrogen and oxygen atoms in total. The van der Waals surface area contributed by atoms with Crippen LogP contribution < -0.4 is 5.32 Å². The Balaban J connectivity index is 1.53. The van der Waals surface area contributed by atoms with E-state index in [1.54, 1.807) is 0 Å². The molecule has 1 N–H and O–H groups in total. The standard InChI is InChI=1S/C25H40N4O3/c1-17(2)24(29-14-20(5)32-21(6)15-29)25(31)28-12-10-27(11-13-28)16-22(30)26-23-18(3)8-7-9-19(23)4/h7-9,17,20-21,24H,10-16H2,1-6H3,(H,26,30). The minimum atomic E-state index is -0.123. The van der Waals surface area contributed by atoms with E-state index >= 15 is 0 Å². The molecule has 0 aliphatic carbocycles. The second kappa shape index (κ2) is 10.8. The summed E-state index contributed by atoms with van der Waals surface area (Å²) in [4.78, 5) is 32.5. The number of rotatable bonds is 6. The molecular weight excluding hydrogens is 404 g/mol. The molecule has 2 heterocycles. The van der Waals surface area contributed by atoms with Crippen molar-refractivity contribution in [3.8, 4) is 0 Å². The van der Waals surface area contributed by atoms with E-state index in [9.17, 15) is 9.59 Å². The molecule has 1 aromatic rings. The number of benzene rings is 1. The Morgan fingerprint density at radius 2 is 1.59 bits per heavy atom. The highest BCUT2D eigenvalue weighted by molar-refractivity contribution is 5.93. The molecule has 2 aliphatic rings. The normalized spacial score (nSPS) is 23.9. The van der Waals surface area contributed by atoms with Crippen molar-refractivity contribution in [3.05, 3.63) is 29.3 Å². The minimum Gasteiger partial charge on any atom is -0.373 e. The number of aryl methyl sites for hydroxylation is 2. The number of hydrogen-bond acceptors (Lipinski definition) is 5. The maximum absolute atomic E-state index is 13.4. The number of hydrogen-bond donors (Lipinski definition) is 1. The molecule has 7 heteroatoms. The Kier molecular flexibility index (Phi) is 8.31. The Hall–Kier alpha value is -1.96. The number of carbonyl (C=O) groups excluding carboxylic acids is 2. The number of piperazine rings is 1. The lowest BCUT2D eigenvalue weighted by Gasteiger charge is -2.44. The lowest BCUT2D eigenvalue weighted by Crippen LogP contribution is -2.60. The Bertz CT molecular complexity index is 774. The number of carbonyl (C=O) groups is 2. The number of amides is 2. The molecule has 3 unspecified atom stereocenters. The van der Waals surface area contributed by atoms with Crippen LogP contribution in [0.2, 0.25) is 0 Å². The molecule has 0 aromatic heterocycles. The quantitative estimate of drug-likeness (QED) is 0.731. The number of nitrogens with zero attached hydrogens (tertiary/aromatic N) is 3. The van der Waals surface area contributed by atoms with Crippen molar-refractivity contribution < 1.29 is 14.3 Å². The van der Waals surface area contributed by atoms with Gasteiger partial charge in [0, 0.05) is 45.0 Å². The van der Waals surface area contributed by atoms with Gasteiger partial charge in [-0.3, -0.25) is 19.4 Å². The molecular formula is C25H40N4O3. The van der Waals surface area contributed by atoms with Crippen molar-refractivity contribution in [1.82, 2.24) is 14.7 Å². The van der Waals surface area contributed by atoms with Crippen LogP contribution in [0.25, 0.3) is 0 Å². The zero-order chi connectivity index (χ0) is 23.4. The number of anilines is 1. The Morgan fingerprint density at radius 1 is 1.03 bits per heavy atom. The molecule has 178 valence electrons. The first kappa shape index (κ1) is 24.7. The maximum atomic E-state index is 13.4. The molecule has 32 heavy (non-hydrogen) atoms. The van der Waals surface area contributed by atoms with Gasteiger partial charge < -0.3 is 15.0 Å². The van der Waals surface area contributed by atoms with Gasteiger partial charge in [0.1, 0.15) is 0 Å². The van der Waals surface area contributed by atoms with Gasteiger partial charge in [-0.25, -0.2) is 0 Å². The van der Waals surface area contributed by atoms with Gasteiger partial charge in [-0.1, -0.05) is 32.0 Å². The van der Waals surface area contributed by atoms with E-state index in [1.807, 2.05) is 36.9 Å². The van der Waals surface area contributed by atoms with Crippen LogP contribution in [0, 0.1) is 19.8 Å². The fourth-order valence-electron chi connectivity index (χ4n) is 5.01. The van der Waals surface area contributed by atoms with Gasteiger partial charge in [0.15, 0.2) is 0 Å². The number of para-hydroxylation sites is 1. The molecule has 2 saturated heterocycles. The van der Waals surface area contributed by atoms with E-state index in [0.29, 0.717) is 32.7 Å². The smallest absolute Gasteiger partial charge is 0.240 e. The fourth-order valence-corrected chi connectivity index (χ4v) is 5.01. The molecule has 1 aromatic carbocycles. The van der Waals surface area contributed by atoms with Crippen molar-refractivity contribution in [2.75, 3.05) is 51.1 Å². The summed E-state index contributed by atoms with van der Waals surface area (Å²) in [6.45, 7) is 17.1. The molecule has 0 spiro atoms. The monoisotopic (exact) mass is 444 g/mol. The predicted octanol–water partition coefficient (Wildman–Crippen LogP) is 2.52. The second-order valence-corrected chi connectivity index (χ2v) is 9.82. The summed E-state index contributed by atoms with van der Waals surface area (Å²) in [6, 6.07) is 5.89. The van der Waals surface area contributed by atoms with Crippen molar-refractivity contribution in [2.45, 2.75) is 59.8 Å². The van der Waals surface area contributed by atoms with Crippen LogP contribution in [0.4, 0.5) is 5.69 Å². The van der Waals surface area contributed by atoms with Gasteiger partial charge in [0.2, 0.25) is 11.8 Å². The minimum absolute atomic E-state index is 0.00137. The third kappa shape index (κ3) is 6.09. The Morgan fingerprint density at radius 3 is 2.12 bits per heavy atom. The maximum Gasteiger partial charge on any atom is 0.240 e. The molecule has 2 amide bonds. The molecule has 3 rings (SSSR count). The lowest BCUT2D eigenvalue weighted by atomic mass is 9.98. The highest BCUT2D eigenvalue weighted by Crippen LogP contribution is 2.22. The largest absolute Gasteiger partial charge is 0.373 e. The Labute approximate surface area is 193 Å². The van der Waals surface area contributed by atoms with Crippen LogP contribution in [0.5, 0.6) is 0 Å². The predicted molar refractivity (Wildman–Crippen MR) is 128 cm³/mol. The van der Waals surface area contributed by atoms with E-state index < -0.39 is 0 Å². The van der Waals surface area contributed by atoms with Gasteiger partial charge in [-0.05, 0) is 44.7 Å². The molecule has 2 aliphatic heterocycles. The molecule has 3 atom stereocenters. The summed E-state index contributed by atoms with van der Waals surface area (Å²) < 4.78 is 5.87. The van der Waals surface area contributed by atoms with Crippen LogP contribution in [0.3, 0.4) is 0 Å². The summed E-state index contributed by atoms with van der Waals surface area (Å²) in [6.07, 6.45) is 0.278. The second-order valence-electron chi connectivity index (χ2n) is 9.82. The topological polar surface area (TPSA) is 65.1 Å². The lowest BCUT2D eigenvalue weighted by molar-refractivity contribution is -0.147. The number of nitrogens with one attached hydrogen (secondary N) is 1. The number of ether oxygens (including phenoxy) is 1. The van der Waals surface area contributed by atoms with Crippen LogP contribution in [0.1, 0.15) is 38.8 Å². The van der Waals surface area contributed by atoms with E-state index in [4.69, 9.17) is 4.74 Å². The van der Waals surface area contributed by atoms with E-state index in [0.717, 1.165) is 29.9 Å². The molecule has 2 fully saturated rings. The van der Waals surface area contributed by atoms with Gasteiger partial charge in [-0.2, -0.15) is 0 Å². The van der Waals surface area contributed by atoms with Crippen molar-refractivity contribution in [2.24, 2.45) is 5.92 Å². The highest BCUT2D eigenvalue weighted by atomic mass is 16.5. The summed E-state index contributed by atoms with van der Waals surface area (Å²) in [5, 5.41) is 3.06. The van der Waals surface area contributed by atoms with E-state index in [1.165, 1.54) is 0 Å².